The van der Waals surface area contributed by atoms with Gasteiger partial charge in [0.05, 0.1) is 4.92 Å². The van der Waals surface area contributed by atoms with Crippen LogP contribution in [0.4, 0.5) is 17.1 Å². The van der Waals surface area contributed by atoms with Crippen molar-refractivity contribution in [1.29, 1.82) is 0 Å². The van der Waals surface area contributed by atoms with Crippen molar-refractivity contribution >= 4 is 17.1 Å². The molecule has 0 aromatic heterocycles. The van der Waals surface area contributed by atoms with Gasteiger partial charge in [0.1, 0.15) is 5.69 Å². The molecule has 1 aromatic rings. The minimum atomic E-state index is -0.459. The molecule has 1 fully saturated rings. The Bertz CT molecular complexity index is 456. The zero-order chi connectivity index (χ0) is 13.8. The van der Waals surface area contributed by atoms with Crippen molar-refractivity contribution in [3.05, 3.63) is 28.3 Å². The molecule has 0 radical (unpaired) electrons. The maximum absolute atomic E-state index is 10.7. The summed E-state index contributed by atoms with van der Waals surface area (Å²) in [4.78, 5) is 12.7. The summed E-state index contributed by atoms with van der Waals surface area (Å²) < 4.78 is 0. The first-order valence-corrected chi connectivity index (χ1v) is 6.63. The summed E-state index contributed by atoms with van der Waals surface area (Å²) in [6.07, 6.45) is 2.18. The van der Waals surface area contributed by atoms with E-state index in [0.717, 1.165) is 38.2 Å². The van der Waals surface area contributed by atoms with E-state index >= 15 is 0 Å². The number of piperidine rings is 1. The molecule has 1 heterocycles. The first-order chi connectivity index (χ1) is 9.10. The molecule has 3 N–H and O–H groups in total. The van der Waals surface area contributed by atoms with Crippen LogP contribution in [0.5, 0.6) is 0 Å². The largest absolute Gasteiger partial charge is 0.393 e. The van der Waals surface area contributed by atoms with Gasteiger partial charge < -0.3 is 16.0 Å². The van der Waals surface area contributed by atoms with Gasteiger partial charge in [-0.05, 0) is 31.5 Å². The Hall–Kier alpha value is -1.82. The molecule has 1 aliphatic rings. The summed E-state index contributed by atoms with van der Waals surface area (Å²) in [5, 5.41) is 14.1. The normalized spacial score (nSPS) is 17.3. The summed E-state index contributed by atoms with van der Waals surface area (Å²) in [6.45, 7) is 5.45. The second-order valence-electron chi connectivity index (χ2n) is 4.88. The fraction of sp³-hybridized carbons (Fsp3) is 0.538. The van der Waals surface area contributed by atoms with Gasteiger partial charge in [-0.2, -0.15) is 0 Å². The predicted octanol–water partition coefficient (Wildman–Crippen LogP) is 2.07. The number of nitrogen functional groups attached to an aromatic ring is 1. The minimum absolute atomic E-state index is 0.0358. The van der Waals surface area contributed by atoms with Crippen LogP contribution >= 0.6 is 0 Å². The molecule has 1 aromatic carbocycles. The van der Waals surface area contributed by atoms with Crippen LogP contribution in [0.1, 0.15) is 19.8 Å². The van der Waals surface area contributed by atoms with Gasteiger partial charge in [0.15, 0.2) is 0 Å². The fourth-order valence-corrected chi connectivity index (χ4v) is 2.44. The number of nitrogens with one attached hydrogen (secondary N) is 1. The van der Waals surface area contributed by atoms with E-state index in [2.05, 4.69) is 17.1 Å². The quantitative estimate of drug-likeness (QED) is 0.494. The zero-order valence-corrected chi connectivity index (χ0v) is 11.1. The number of nitro benzene ring substituents is 1. The Balaban J connectivity index is 1.97. The second-order valence-corrected chi connectivity index (χ2v) is 4.88. The minimum Gasteiger partial charge on any atom is -0.393 e. The fourth-order valence-electron chi connectivity index (χ4n) is 2.44. The molecular weight excluding hydrogens is 244 g/mol. The van der Waals surface area contributed by atoms with Crippen molar-refractivity contribution in [1.82, 2.24) is 4.90 Å². The topological polar surface area (TPSA) is 84.4 Å². The third-order valence-corrected chi connectivity index (χ3v) is 3.63. The van der Waals surface area contributed by atoms with Crippen molar-refractivity contribution in [2.24, 2.45) is 0 Å². The Morgan fingerprint density at radius 2 is 2.16 bits per heavy atom. The highest BCUT2D eigenvalue weighted by atomic mass is 16.6. The number of nitrogens with two attached hydrogens (primary N) is 1. The molecule has 0 saturated carbocycles. The Kier molecular flexibility index (Phi) is 4.21. The molecule has 6 heteroatoms. The summed E-state index contributed by atoms with van der Waals surface area (Å²) in [6, 6.07) is 5.24. The average Bonchev–Trinajstić information content (AvgIpc) is 2.39. The van der Waals surface area contributed by atoms with Crippen molar-refractivity contribution in [2.75, 3.05) is 30.7 Å². The zero-order valence-electron chi connectivity index (χ0n) is 11.1. The number of nitro groups is 1. The second kappa shape index (κ2) is 5.88. The van der Waals surface area contributed by atoms with Crippen molar-refractivity contribution in [3.63, 3.8) is 0 Å². The lowest BCUT2D eigenvalue weighted by atomic mass is 10.0. The highest BCUT2D eigenvalue weighted by Crippen LogP contribution is 2.26. The van der Waals surface area contributed by atoms with Crippen LogP contribution in [0.25, 0.3) is 0 Å². The number of nitrogens with zero attached hydrogens (tertiary/aromatic N) is 2. The van der Waals surface area contributed by atoms with Gasteiger partial charge >= 0.3 is 0 Å². The van der Waals surface area contributed by atoms with Gasteiger partial charge in [0, 0.05) is 30.9 Å². The number of likely N-dealkylation sites (tertiary alicyclic amines) is 1. The Morgan fingerprint density at radius 1 is 1.47 bits per heavy atom. The van der Waals surface area contributed by atoms with Gasteiger partial charge in [0.25, 0.3) is 5.69 Å². The molecule has 0 atom stereocenters. The molecule has 104 valence electrons. The van der Waals surface area contributed by atoms with Crippen LogP contribution in [-0.4, -0.2) is 35.5 Å². The van der Waals surface area contributed by atoms with E-state index in [4.69, 9.17) is 5.73 Å². The van der Waals surface area contributed by atoms with Crippen molar-refractivity contribution in [2.45, 2.75) is 25.8 Å². The van der Waals surface area contributed by atoms with Gasteiger partial charge in [-0.15, -0.1) is 0 Å². The SMILES string of the molecule is CCN1CCC(Nc2ccc([N+](=O)[O-])c(N)c2)CC1. The van der Waals surface area contributed by atoms with Gasteiger partial charge in [-0.25, -0.2) is 0 Å². The number of benzene rings is 1. The van der Waals surface area contributed by atoms with Crippen LogP contribution in [0.15, 0.2) is 18.2 Å². The lowest BCUT2D eigenvalue weighted by Crippen LogP contribution is -2.38. The summed E-state index contributed by atoms with van der Waals surface area (Å²) in [5.41, 5.74) is 6.71. The molecule has 1 saturated heterocycles. The maximum Gasteiger partial charge on any atom is 0.292 e. The molecule has 0 unspecified atom stereocenters. The summed E-state index contributed by atoms with van der Waals surface area (Å²) >= 11 is 0. The Labute approximate surface area is 112 Å². The average molecular weight is 264 g/mol. The van der Waals surface area contributed by atoms with Crippen molar-refractivity contribution in [3.8, 4) is 0 Å². The predicted molar refractivity (Wildman–Crippen MR) is 76.3 cm³/mol. The van der Waals surface area contributed by atoms with Crippen LogP contribution in [0.3, 0.4) is 0 Å². The van der Waals surface area contributed by atoms with E-state index in [9.17, 15) is 10.1 Å². The molecule has 19 heavy (non-hydrogen) atoms. The molecule has 2 rings (SSSR count). The number of anilines is 2. The standard InChI is InChI=1S/C13H20N4O2/c1-2-16-7-5-10(6-8-16)15-11-3-4-13(17(18)19)12(14)9-11/h3-4,9-10,15H,2,5-8,14H2,1H3. The van der Waals surface area contributed by atoms with Gasteiger partial charge in [-0.3, -0.25) is 10.1 Å². The van der Waals surface area contributed by atoms with Gasteiger partial charge in [-0.1, -0.05) is 6.92 Å². The smallest absolute Gasteiger partial charge is 0.292 e. The highest BCUT2D eigenvalue weighted by Gasteiger charge is 2.18. The number of hydrogen-bond donors (Lipinski definition) is 2. The molecule has 0 bridgehead atoms. The lowest BCUT2D eigenvalue weighted by molar-refractivity contribution is -0.383. The highest BCUT2D eigenvalue weighted by molar-refractivity contribution is 5.66. The maximum atomic E-state index is 10.7. The van der Waals surface area contributed by atoms with E-state index < -0.39 is 4.92 Å². The van der Waals surface area contributed by atoms with Crippen LogP contribution < -0.4 is 11.1 Å². The summed E-state index contributed by atoms with van der Waals surface area (Å²) in [5.74, 6) is 0. The number of rotatable bonds is 4. The molecule has 0 aliphatic carbocycles. The Morgan fingerprint density at radius 3 is 2.68 bits per heavy atom. The van der Waals surface area contributed by atoms with E-state index in [1.54, 1.807) is 12.1 Å². The van der Waals surface area contributed by atoms with Crippen molar-refractivity contribution < 1.29 is 4.92 Å². The van der Waals surface area contributed by atoms with E-state index in [1.165, 1.54) is 6.07 Å². The molecule has 6 nitrogen and oxygen atoms in total. The van der Waals surface area contributed by atoms with Crippen LogP contribution in [0, 0.1) is 10.1 Å². The summed E-state index contributed by atoms with van der Waals surface area (Å²) in [7, 11) is 0. The molecule has 0 amide bonds. The monoisotopic (exact) mass is 264 g/mol. The molecular formula is C13H20N4O2. The van der Waals surface area contributed by atoms with Crippen LogP contribution in [-0.2, 0) is 0 Å². The van der Waals surface area contributed by atoms with E-state index in [0.29, 0.717) is 6.04 Å². The lowest BCUT2D eigenvalue weighted by Gasteiger charge is -2.32. The third-order valence-electron chi connectivity index (χ3n) is 3.63. The van der Waals surface area contributed by atoms with E-state index in [-0.39, 0.29) is 11.4 Å². The first kappa shape index (κ1) is 13.6. The third kappa shape index (κ3) is 3.35. The van der Waals surface area contributed by atoms with E-state index in [1.807, 2.05) is 0 Å². The van der Waals surface area contributed by atoms with Gasteiger partial charge in [0.2, 0.25) is 0 Å². The molecule has 0 spiro atoms. The molecule has 1 aliphatic heterocycles. The van der Waals surface area contributed by atoms with Crippen LogP contribution in [0.2, 0.25) is 0 Å². The number of hydrogen-bond acceptors (Lipinski definition) is 5. The first-order valence-electron chi connectivity index (χ1n) is 6.63.